The lowest BCUT2D eigenvalue weighted by Crippen LogP contribution is -2.36. The summed E-state index contributed by atoms with van der Waals surface area (Å²) < 4.78 is 1.98. The Hall–Kier alpha value is -3.02. The van der Waals surface area contributed by atoms with Crippen LogP contribution in [0.4, 0.5) is 5.69 Å². The molecule has 5 heteroatoms. The van der Waals surface area contributed by atoms with Crippen molar-refractivity contribution < 1.29 is 9.90 Å². The van der Waals surface area contributed by atoms with Gasteiger partial charge in [0.25, 0.3) is 0 Å². The first kappa shape index (κ1) is 23.6. The molecule has 0 spiro atoms. The fraction of sp³-hybridized carbons (Fsp3) is 0.222. The van der Waals surface area contributed by atoms with Crippen molar-refractivity contribution in [2.45, 2.75) is 32.2 Å². The highest BCUT2D eigenvalue weighted by molar-refractivity contribution is 7.97. The predicted octanol–water partition coefficient (Wildman–Crippen LogP) is 6.31. The van der Waals surface area contributed by atoms with Gasteiger partial charge in [-0.3, -0.25) is 4.79 Å². The van der Waals surface area contributed by atoms with Crippen LogP contribution in [0.1, 0.15) is 27.8 Å². The van der Waals surface area contributed by atoms with Crippen LogP contribution in [-0.4, -0.2) is 28.9 Å². The topological polar surface area (TPSA) is 43.8 Å². The lowest BCUT2D eigenvalue weighted by molar-refractivity contribution is -0.118. The van der Waals surface area contributed by atoms with E-state index in [1.165, 1.54) is 21.6 Å². The molecule has 3 aromatic carbocycles. The number of likely N-dealkylation sites (N-methyl/N-ethyl adjacent to an activating group) is 1. The SMILES string of the molecule is C=C(O)c1ccc(N(Cc2ccccc2)C(=O)CN(C)Sc2c(C)cc(C)cc2C)cc1. The molecule has 0 radical (unpaired) electrons. The van der Waals surface area contributed by atoms with Gasteiger partial charge in [-0.05, 0) is 80.7 Å². The summed E-state index contributed by atoms with van der Waals surface area (Å²) in [5, 5.41) is 9.63. The van der Waals surface area contributed by atoms with Gasteiger partial charge in [0.1, 0.15) is 5.76 Å². The molecular formula is C27H30N2O2S. The molecule has 3 rings (SSSR count). The van der Waals surface area contributed by atoms with Gasteiger partial charge in [-0.25, -0.2) is 4.31 Å². The molecule has 1 N–H and O–H groups in total. The molecule has 0 heterocycles. The van der Waals surface area contributed by atoms with Crippen LogP contribution >= 0.6 is 11.9 Å². The van der Waals surface area contributed by atoms with Crippen LogP contribution in [0, 0.1) is 20.8 Å². The number of aryl methyl sites for hydroxylation is 3. The Morgan fingerprint density at radius 2 is 1.56 bits per heavy atom. The van der Waals surface area contributed by atoms with Crippen molar-refractivity contribution >= 4 is 29.3 Å². The molecule has 0 saturated heterocycles. The van der Waals surface area contributed by atoms with Gasteiger partial charge in [-0.2, -0.15) is 0 Å². The number of anilines is 1. The summed E-state index contributed by atoms with van der Waals surface area (Å²) >= 11 is 1.60. The summed E-state index contributed by atoms with van der Waals surface area (Å²) in [6, 6.07) is 21.5. The largest absolute Gasteiger partial charge is 0.508 e. The maximum absolute atomic E-state index is 13.4. The van der Waals surface area contributed by atoms with E-state index in [0.29, 0.717) is 12.1 Å². The molecule has 0 unspecified atom stereocenters. The Bertz CT molecular complexity index is 1070. The number of amides is 1. The fourth-order valence-corrected chi connectivity index (χ4v) is 4.59. The second kappa shape index (κ2) is 10.5. The molecule has 1 amide bonds. The molecule has 4 nitrogen and oxygen atoms in total. The smallest absolute Gasteiger partial charge is 0.242 e. The van der Waals surface area contributed by atoms with Gasteiger partial charge in [0, 0.05) is 16.1 Å². The number of hydrogen-bond donors (Lipinski definition) is 1. The molecule has 0 aliphatic heterocycles. The third kappa shape index (κ3) is 6.02. The van der Waals surface area contributed by atoms with E-state index in [9.17, 15) is 9.90 Å². The highest BCUT2D eigenvalue weighted by atomic mass is 32.2. The van der Waals surface area contributed by atoms with Crippen molar-refractivity contribution in [3.05, 3.63) is 101 Å². The Morgan fingerprint density at radius 1 is 0.969 bits per heavy atom. The zero-order valence-corrected chi connectivity index (χ0v) is 19.9. The first-order valence-corrected chi connectivity index (χ1v) is 11.3. The average molecular weight is 447 g/mol. The van der Waals surface area contributed by atoms with Gasteiger partial charge in [-0.15, -0.1) is 0 Å². The minimum atomic E-state index is 0.00171. The standard InChI is InChI=1S/C27H30N2O2S/c1-19-15-20(2)27(21(3)16-19)32-28(5)18-26(31)29(17-23-9-7-6-8-10-23)25-13-11-24(12-14-25)22(4)30/h6-16,30H,4,17-18H2,1-3,5H3. The van der Waals surface area contributed by atoms with E-state index in [2.05, 4.69) is 39.5 Å². The van der Waals surface area contributed by atoms with Gasteiger partial charge >= 0.3 is 0 Å². The molecule has 0 aliphatic rings. The van der Waals surface area contributed by atoms with E-state index in [4.69, 9.17) is 0 Å². The van der Waals surface area contributed by atoms with Crippen molar-refractivity contribution in [1.82, 2.24) is 4.31 Å². The molecule has 0 atom stereocenters. The summed E-state index contributed by atoms with van der Waals surface area (Å²) in [7, 11) is 1.95. The average Bonchev–Trinajstić information content (AvgIpc) is 2.75. The summed E-state index contributed by atoms with van der Waals surface area (Å²) in [6.45, 7) is 10.6. The van der Waals surface area contributed by atoms with Crippen LogP contribution in [0.2, 0.25) is 0 Å². The normalized spacial score (nSPS) is 10.9. The Morgan fingerprint density at radius 3 is 2.12 bits per heavy atom. The summed E-state index contributed by atoms with van der Waals surface area (Å²) in [6.07, 6.45) is 0. The minimum Gasteiger partial charge on any atom is -0.508 e. The van der Waals surface area contributed by atoms with Gasteiger partial charge in [0.15, 0.2) is 0 Å². The molecule has 0 bridgehead atoms. The molecule has 32 heavy (non-hydrogen) atoms. The highest BCUT2D eigenvalue weighted by Gasteiger charge is 2.20. The van der Waals surface area contributed by atoms with Crippen LogP contribution in [0.5, 0.6) is 0 Å². The van der Waals surface area contributed by atoms with Gasteiger partial charge in [0.05, 0.1) is 13.1 Å². The monoisotopic (exact) mass is 446 g/mol. The summed E-state index contributed by atoms with van der Waals surface area (Å²) in [4.78, 5) is 16.4. The number of aliphatic hydroxyl groups excluding tert-OH is 1. The zero-order valence-electron chi connectivity index (χ0n) is 19.1. The first-order chi connectivity index (χ1) is 15.2. The Labute approximate surface area is 195 Å². The second-order valence-corrected chi connectivity index (χ2v) is 9.28. The second-order valence-electron chi connectivity index (χ2n) is 8.06. The predicted molar refractivity (Wildman–Crippen MR) is 135 cm³/mol. The van der Waals surface area contributed by atoms with Crippen LogP contribution < -0.4 is 4.90 Å². The van der Waals surface area contributed by atoms with Crippen molar-refractivity contribution in [2.75, 3.05) is 18.5 Å². The maximum atomic E-state index is 13.4. The van der Waals surface area contributed by atoms with Crippen LogP contribution in [0.15, 0.2) is 78.2 Å². The van der Waals surface area contributed by atoms with Crippen molar-refractivity contribution in [2.24, 2.45) is 0 Å². The summed E-state index contributed by atoms with van der Waals surface area (Å²) in [5.74, 6) is 0.0132. The zero-order chi connectivity index (χ0) is 23.3. The number of benzene rings is 3. The van der Waals surface area contributed by atoms with E-state index in [1.807, 2.05) is 53.8 Å². The van der Waals surface area contributed by atoms with Crippen LogP contribution in [0.3, 0.4) is 0 Å². The van der Waals surface area contributed by atoms with E-state index in [1.54, 1.807) is 29.0 Å². The third-order valence-electron chi connectivity index (χ3n) is 5.21. The Balaban J connectivity index is 1.80. The van der Waals surface area contributed by atoms with E-state index in [0.717, 1.165) is 11.3 Å². The number of hydrogen-bond acceptors (Lipinski definition) is 4. The third-order valence-corrected chi connectivity index (χ3v) is 6.47. The van der Waals surface area contributed by atoms with E-state index >= 15 is 0 Å². The molecule has 166 valence electrons. The molecule has 0 saturated carbocycles. The number of carbonyl (C=O) groups is 1. The van der Waals surface area contributed by atoms with Crippen molar-refractivity contribution in [3.8, 4) is 0 Å². The highest BCUT2D eigenvalue weighted by Crippen LogP contribution is 2.30. The van der Waals surface area contributed by atoms with Crippen molar-refractivity contribution in [3.63, 3.8) is 0 Å². The minimum absolute atomic E-state index is 0.00171. The van der Waals surface area contributed by atoms with Crippen molar-refractivity contribution in [1.29, 1.82) is 0 Å². The van der Waals surface area contributed by atoms with Gasteiger partial charge < -0.3 is 10.0 Å². The molecule has 0 aliphatic carbocycles. The van der Waals surface area contributed by atoms with Crippen LogP contribution in [0.25, 0.3) is 5.76 Å². The summed E-state index contributed by atoms with van der Waals surface area (Å²) in [5.41, 5.74) is 6.15. The number of nitrogens with zero attached hydrogens (tertiary/aromatic N) is 2. The lowest BCUT2D eigenvalue weighted by Gasteiger charge is -2.26. The number of rotatable bonds is 8. The van der Waals surface area contributed by atoms with E-state index in [-0.39, 0.29) is 18.2 Å². The molecule has 0 aromatic heterocycles. The molecule has 3 aromatic rings. The van der Waals surface area contributed by atoms with Crippen LogP contribution in [-0.2, 0) is 11.3 Å². The van der Waals surface area contributed by atoms with Gasteiger partial charge in [-0.1, -0.05) is 54.6 Å². The number of carbonyl (C=O) groups excluding carboxylic acids is 1. The fourth-order valence-electron chi connectivity index (χ4n) is 3.70. The first-order valence-electron chi connectivity index (χ1n) is 10.5. The molecular weight excluding hydrogens is 416 g/mol. The van der Waals surface area contributed by atoms with E-state index < -0.39 is 0 Å². The number of aliphatic hydroxyl groups is 1. The molecule has 0 fully saturated rings. The quantitative estimate of drug-likeness (QED) is 0.325. The maximum Gasteiger partial charge on any atom is 0.242 e. The lowest BCUT2D eigenvalue weighted by atomic mass is 10.1. The Kier molecular flexibility index (Phi) is 7.78. The van der Waals surface area contributed by atoms with Gasteiger partial charge in [0.2, 0.25) is 5.91 Å².